The van der Waals surface area contributed by atoms with Crippen molar-refractivity contribution in [2.45, 2.75) is 27.2 Å². The Kier molecular flexibility index (Phi) is 4.46. The highest BCUT2D eigenvalue weighted by atomic mass is 79.9. The minimum absolute atomic E-state index is 1.12. The normalized spacial score (nSPS) is 13.3. The van der Waals surface area contributed by atoms with Crippen LogP contribution in [0.4, 0.5) is 5.69 Å². The molecule has 0 aliphatic carbocycles. The molecular formula is C12H18BrN. The summed E-state index contributed by atoms with van der Waals surface area (Å²) in [5.41, 5.74) is 2.90. The minimum Gasteiger partial charge on any atom is -0.371 e. The maximum absolute atomic E-state index is 3.49. The van der Waals surface area contributed by atoms with Crippen molar-refractivity contribution in [2.24, 2.45) is 0 Å². The average Bonchev–Trinajstić information content (AvgIpc) is 2.62. The van der Waals surface area contributed by atoms with Crippen LogP contribution in [-0.2, 0) is 6.42 Å². The zero-order valence-electron chi connectivity index (χ0n) is 9.18. The molecule has 1 heterocycles. The highest BCUT2D eigenvalue weighted by Crippen LogP contribution is 2.29. The van der Waals surface area contributed by atoms with Gasteiger partial charge in [0.05, 0.1) is 0 Å². The molecule has 0 fully saturated rings. The molecule has 14 heavy (non-hydrogen) atoms. The van der Waals surface area contributed by atoms with Crippen LogP contribution in [-0.4, -0.2) is 13.1 Å². The molecule has 0 saturated carbocycles. The Bertz CT molecular complexity index is 296. The summed E-state index contributed by atoms with van der Waals surface area (Å²) in [4.78, 5) is 2.42. The molecule has 0 unspecified atom stereocenters. The van der Waals surface area contributed by atoms with E-state index in [-0.39, 0.29) is 0 Å². The molecule has 0 N–H and O–H groups in total. The summed E-state index contributed by atoms with van der Waals surface area (Å²) in [5.74, 6) is 0. The van der Waals surface area contributed by atoms with Crippen molar-refractivity contribution in [3.8, 4) is 0 Å². The Balaban J connectivity index is 0.000000461. The summed E-state index contributed by atoms with van der Waals surface area (Å²) >= 11 is 3.49. The number of hydrogen-bond acceptors (Lipinski definition) is 1. The minimum atomic E-state index is 1.12. The van der Waals surface area contributed by atoms with Crippen LogP contribution in [0.2, 0.25) is 0 Å². The number of anilines is 1. The van der Waals surface area contributed by atoms with Gasteiger partial charge in [-0.15, -0.1) is 0 Å². The lowest BCUT2D eigenvalue weighted by atomic mass is 10.2. The van der Waals surface area contributed by atoms with Crippen molar-refractivity contribution in [1.82, 2.24) is 0 Å². The molecule has 0 spiro atoms. The molecule has 0 amide bonds. The molecule has 1 aliphatic rings. The largest absolute Gasteiger partial charge is 0.371 e. The van der Waals surface area contributed by atoms with Gasteiger partial charge in [0, 0.05) is 23.2 Å². The van der Waals surface area contributed by atoms with Crippen molar-refractivity contribution in [1.29, 1.82) is 0 Å². The highest BCUT2D eigenvalue weighted by Gasteiger charge is 2.16. The topological polar surface area (TPSA) is 3.24 Å². The van der Waals surface area contributed by atoms with Crippen molar-refractivity contribution in [2.75, 3.05) is 18.0 Å². The fourth-order valence-corrected chi connectivity index (χ4v) is 2.18. The van der Waals surface area contributed by atoms with Gasteiger partial charge in [-0.2, -0.15) is 0 Å². The van der Waals surface area contributed by atoms with Crippen LogP contribution in [0.25, 0.3) is 0 Å². The molecule has 1 aromatic rings. The molecular weight excluding hydrogens is 238 g/mol. The number of benzene rings is 1. The lowest BCUT2D eigenvalue weighted by Crippen LogP contribution is -2.18. The fraction of sp³-hybridized carbons (Fsp3) is 0.500. The molecule has 1 aliphatic heterocycles. The molecule has 1 aromatic carbocycles. The van der Waals surface area contributed by atoms with Gasteiger partial charge in [0.2, 0.25) is 0 Å². The maximum atomic E-state index is 3.49. The van der Waals surface area contributed by atoms with Gasteiger partial charge in [-0.05, 0) is 37.1 Å². The van der Waals surface area contributed by atoms with E-state index in [2.05, 4.69) is 46.0 Å². The summed E-state index contributed by atoms with van der Waals surface area (Å²) in [6.45, 7) is 8.51. The monoisotopic (exact) mass is 255 g/mol. The second-order valence-corrected chi connectivity index (χ2v) is 4.02. The van der Waals surface area contributed by atoms with Crippen molar-refractivity contribution >= 4 is 21.6 Å². The lowest BCUT2D eigenvalue weighted by molar-refractivity contribution is 0.868. The quantitative estimate of drug-likeness (QED) is 0.737. The van der Waals surface area contributed by atoms with E-state index >= 15 is 0 Å². The first-order chi connectivity index (χ1) is 6.81. The SMILES string of the molecule is CC.CCN1CCc2cc(Br)ccc21. The zero-order chi connectivity index (χ0) is 10.6. The van der Waals surface area contributed by atoms with E-state index in [4.69, 9.17) is 0 Å². The molecule has 0 bridgehead atoms. The van der Waals surface area contributed by atoms with Gasteiger partial charge in [-0.3, -0.25) is 0 Å². The number of rotatable bonds is 1. The third kappa shape index (κ3) is 2.30. The zero-order valence-corrected chi connectivity index (χ0v) is 10.8. The Morgan fingerprint density at radius 3 is 2.71 bits per heavy atom. The number of halogens is 1. The van der Waals surface area contributed by atoms with E-state index in [0.29, 0.717) is 0 Å². The third-order valence-corrected chi connectivity index (χ3v) is 2.91. The van der Waals surface area contributed by atoms with Crippen LogP contribution in [0.3, 0.4) is 0 Å². The lowest BCUT2D eigenvalue weighted by Gasteiger charge is -2.16. The third-order valence-electron chi connectivity index (χ3n) is 2.42. The van der Waals surface area contributed by atoms with Crippen LogP contribution in [0, 0.1) is 0 Å². The van der Waals surface area contributed by atoms with Gasteiger partial charge >= 0.3 is 0 Å². The van der Waals surface area contributed by atoms with Gasteiger partial charge in [0.15, 0.2) is 0 Å². The smallest absolute Gasteiger partial charge is 0.0400 e. The molecule has 0 radical (unpaired) electrons. The van der Waals surface area contributed by atoms with Crippen LogP contribution >= 0.6 is 15.9 Å². The maximum Gasteiger partial charge on any atom is 0.0400 e. The second-order valence-electron chi connectivity index (χ2n) is 3.10. The van der Waals surface area contributed by atoms with E-state index in [1.54, 1.807) is 0 Å². The Morgan fingerprint density at radius 1 is 1.36 bits per heavy atom. The van der Waals surface area contributed by atoms with Crippen LogP contribution < -0.4 is 4.90 Å². The van der Waals surface area contributed by atoms with Crippen molar-refractivity contribution in [3.05, 3.63) is 28.2 Å². The van der Waals surface area contributed by atoms with Crippen molar-refractivity contribution < 1.29 is 0 Å². The van der Waals surface area contributed by atoms with E-state index < -0.39 is 0 Å². The van der Waals surface area contributed by atoms with Gasteiger partial charge in [0.1, 0.15) is 0 Å². The number of fused-ring (bicyclic) bond motifs is 1. The predicted molar refractivity (Wildman–Crippen MR) is 67.1 cm³/mol. The first kappa shape index (κ1) is 11.6. The summed E-state index contributed by atoms with van der Waals surface area (Å²) in [5, 5.41) is 0. The van der Waals surface area contributed by atoms with Gasteiger partial charge < -0.3 is 4.90 Å². The predicted octanol–water partition coefficient (Wildman–Crippen LogP) is 3.86. The van der Waals surface area contributed by atoms with Crippen LogP contribution in [0.1, 0.15) is 26.3 Å². The molecule has 0 atom stereocenters. The van der Waals surface area contributed by atoms with E-state index in [1.165, 1.54) is 28.7 Å². The Hall–Kier alpha value is -0.500. The molecule has 2 heteroatoms. The summed E-state index contributed by atoms with van der Waals surface area (Å²) in [6, 6.07) is 6.55. The van der Waals surface area contributed by atoms with Crippen LogP contribution in [0.15, 0.2) is 22.7 Å². The summed E-state index contributed by atoms with van der Waals surface area (Å²) in [7, 11) is 0. The summed E-state index contributed by atoms with van der Waals surface area (Å²) in [6.07, 6.45) is 1.20. The van der Waals surface area contributed by atoms with E-state index in [0.717, 1.165) is 6.54 Å². The fourth-order valence-electron chi connectivity index (χ4n) is 1.77. The molecule has 78 valence electrons. The standard InChI is InChI=1S/C10H12BrN.C2H6/c1-2-12-6-5-8-7-9(11)3-4-10(8)12;1-2/h3-4,7H,2,5-6H2,1H3;1-2H3. The molecule has 0 saturated heterocycles. The Labute approximate surface area is 95.2 Å². The van der Waals surface area contributed by atoms with Crippen molar-refractivity contribution in [3.63, 3.8) is 0 Å². The molecule has 1 nitrogen and oxygen atoms in total. The highest BCUT2D eigenvalue weighted by molar-refractivity contribution is 9.10. The summed E-state index contributed by atoms with van der Waals surface area (Å²) < 4.78 is 1.19. The first-order valence-corrected chi connectivity index (χ1v) is 6.14. The average molecular weight is 256 g/mol. The second kappa shape index (κ2) is 5.40. The molecule has 2 rings (SSSR count). The molecule has 0 aromatic heterocycles. The Morgan fingerprint density at radius 2 is 2.07 bits per heavy atom. The van der Waals surface area contributed by atoms with E-state index in [1.807, 2.05) is 13.8 Å². The van der Waals surface area contributed by atoms with Gasteiger partial charge in [0.25, 0.3) is 0 Å². The van der Waals surface area contributed by atoms with Gasteiger partial charge in [-0.1, -0.05) is 29.8 Å². The van der Waals surface area contributed by atoms with E-state index in [9.17, 15) is 0 Å². The first-order valence-electron chi connectivity index (χ1n) is 5.34. The van der Waals surface area contributed by atoms with Crippen LogP contribution in [0.5, 0.6) is 0 Å². The van der Waals surface area contributed by atoms with Gasteiger partial charge in [-0.25, -0.2) is 0 Å². The number of likely N-dealkylation sites (N-methyl/N-ethyl adjacent to an activating group) is 1. The number of nitrogens with zero attached hydrogens (tertiary/aromatic N) is 1. The number of hydrogen-bond donors (Lipinski definition) is 0.